The van der Waals surface area contributed by atoms with Crippen LogP contribution in [0.2, 0.25) is 0 Å². The smallest absolute Gasteiger partial charge is 0.223 e. The molecule has 1 saturated carbocycles. The molecule has 2 aliphatic rings. The van der Waals surface area contributed by atoms with Crippen molar-refractivity contribution in [2.24, 2.45) is 11.8 Å². The third kappa shape index (κ3) is 3.72. The molecule has 0 unspecified atom stereocenters. The van der Waals surface area contributed by atoms with Crippen molar-refractivity contribution in [3.8, 4) is 0 Å². The quantitative estimate of drug-likeness (QED) is 0.825. The number of carbonyl (C=O) groups is 2. The highest BCUT2D eigenvalue weighted by Gasteiger charge is 2.32. The van der Waals surface area contributed by atoms with Crippen molar-refractivity contribution in [1.29, 1.82) is 0 Å². The van der Waals surface area contributed by atoms with Crippen molar-refractivity contribution in [3.05, 3.63) is 0 Å². The van der Waals surface area contributed by atoms with Crippen LogP contribution in [0.5, 0.6) is 0 Å². The highest BCUT2D eigenvalue weighted by atomic mass is 16.2. The van der Waals surface area contributed by atoms with Gasteiger partial charge in [0, 0.05) is 31.5 Å². The fraction of sp³-hybridized carbons (Fsp3) is 0.857. The van der Waals surface area contributed by atoms with Crippen LogP contribution in [0, 0.1) is 11.8 Å². The number of likely N-dealkylation sites (tertiary alicyclic amines) is 1. The van der Waals surface area contributed by atoms with E-state index >= 15 is 0 Å². The van der Waals surface area contributed by atoms with Crippen LogP contribution in [0.25, 0.3) is 0 Å². The van der Waals surface area contributed by atoms with Crippen LogP contribution in [-0.2, 0) is 9.59 Å². The molecule has 18 heavy (non-hydrogen) atoms. The lowest BCUT2D eigenvalue weighted by Crippen LogP contribution is -2.47. The van der Waals surface area contributed by atoms with Crippen molar-refractivity contribution in [1.82, 2.24) is 10.2 Å². The van der Waals surface area contributed by atoms with Crippen molar-refractivity contribution < 1.29 is 9.59 Å². The Bertz CT molecular complexity index is 316. The molecule has 0 aromatic rings. The van der Waals surface area contributed by atoms with Gasteiger partial charge in [0.15, 0.2) is 0 Å². The van der Waals surface area contributed by atoms with Crippen LogP contribution in [0.15, 0.2) is 0 Å². The molecule has 2 fully saturated rings. The highest BCUT2D eigenvalue weighted by molar-refractivity contribution is 5.81. The number of nitrogens with zero attached hydrogens (tertiary/aromatic N) is 1. The first kappa shape index (κ1) is 13.4. The molecule has 4 heteroatoms. The molecule has 0 radical (unpaired) electrons. The third-order valence-corrected chi connectivity index (χ3v) is 3.73. The molecule has 0 bridgehead atoms. The average Bonchev–Trinajstić information content (AvgIpc) is 3.12. The molecule has 0 aromatic heterocycles. The lowest BCUT2D eigenvalue weighted by molar-refractivity contribution is -0.133. The second kappa shape index (κ2) is 5.72. The predicted octanol–water partition coefficient (Wildman–Crippen LogP) is 1.55. The predicted molar refractivity (Wildman–Crippen MR) is 69.9 cm³/mol. The lowest BCUT2D eigenvalue weighted by Gasteiger charge is -2.32. The molecular formula is C14H24N2O2. The standard InChI is InChI=1S/C14H24N2O2/c1-10(2)9-13(17)16-7-5-12(6-8-16)15-14(18)11-3-4-11/h10-12H,3-9H2,1-2H3,(H,15,18). The second-order valence-electron chi connectivity index (χ2n) is 6.04. The molecule has 1 aliphatic heterocycles. The van der Waals surface area contributed by atoms with Crippen molar-refractivity contribution in [3.63, 3.8) is 0 Å². The number of carbonyl (C=O) groups excluding carboxylic acids is 2. The van der Waals surface area contributed by atoms with Crippen LogP contribution in [0.3, 0.4) is 0 Å². The molecule has 1 saturated heterocycles. The van der Waals surface area contributed by atoms with E-state index in [0.29, 0.717) is 12.3 Å². The van der Waals surface area contributed by atoms with Gasteiger partial charge in [-0.05, 0) is 31.6 Å². The normalized spacial score (nSPS) is 21.2. The monoisotopic (exact) mass is 252 g/mol. The van der Waals surface area contributed by atoms with E-state index in [-0.39, 0.29) is 23.8 Å². The van der Waals surface area contributed by atoms with Gasteiger partial charge in [-0.3, -0.25) is 9.59 Å². The van der Waals surface area contributed by atoms with Gasteiger partial charge in [0.25, 0.3) is 0 Å². The van der Waals surface area contributed by atoms with Crippen molar-refractivity contribution in [2.45, 2.75) is 52.0 Å². The van der Waals surface area contributed by atoms with E-state index in [1.54, 1.807) is 0 Å². The van der Waals surface area contributed by atoms with Gasteiger partial charge in [-0.2, -0.15) is 0 Å². The number of hydrogen-bond acceptors (Lipinski definition) is 2. The van der Waals surface area contributed by atoms with Gasteiger partial charge in [0.05, 0.1) is 0 Å². The molecule has 2 amide bonds. The first-order valence-corrected chi connectivity index (χ1v) is 7.14. The molecule has 0 atom stereocenters. The van der Waals surface area contributed by atoms with Gasteiger partial charge in [-0.1, -0.05) is 13.8 Å². The lowest BCUT2D eigenvalue weighted by atomic mass is 10.0. The molecule has 1 aliphatic carbocycles. The van der Waals surface area contributed by atoms with Crippen LogP contribution >= 0.6 is 0 Å². The molecule has 0 aromatic carbocycles. The Kier molecular flexibility index (Phi) is 4.25. The zero-order valence-corrected chi connectivity index (χ0v) is 11.4. The molecule has 1 N–H and O–H groups in total. The van der Waals surface area contributed by atoms with E-state index in [1.807, 2.05) is 4.90 Å². The average molecular weight is 252 g/mol. The Morgan fingerprint density at radius 3 is 2.28 bits per heavy atom. The maximum atomic E-state index is 11.9. The molecular weight excluding hydrogens is 228 g/mol. The van der Waals surface area contributed by atoms with E-state index in [4.69, 9.17) is 0 Å². The van der Waals surface area contributed by atoms with E-state index < -0.39 is 0 Å². The van der Waals surface area contributed by atoms with E-state index in [1.165, 1.54) is 0 Å². The minimum Gasteiger partial charge on any atom is -0.353 e. The number of nitrogens with one attached hydrogen (secondary N) is 1. The maximum absolute atomic E-state index is 11.9. The van der Waals surface area contributed by atoms with E-state index in [0.717, 1.165) is 38.8 Å². The number of rotatable bonds is 4. The number of amides is 2. The van der Waals surface area contributed by atoms with Crippen LogP contribution < -0.4 is 5.32 Å². The summed E-state index contributed by atoms with van der Waals surface area (Å²) in [5, 5.41) is 3.10. The van der Waals surface area contributed by atoms with Gasteiger partial charge in [0.2, 0.25) is 11.8 Å². The summed E-state index contributed by atoms with van der Waals surface area (Å²) in [7, 11) is 0. The van der Waals surface area contributed by atoms with E-state index in [2.05, 4.69) is 19.2 Å². The van der Waals surface area contributed by atoms with Gasteiger partial charge in [0.1, 0.15) is 0 Å². The molecule has 0 spiro atoms. The molecule has 1 heterocycles. The zero-order valence-electron chi connectivity index (χ0n) is 11.4. The van der Waals surface area contributed by atoms with Crippen LogP contribution in [-0.4, -0.2) is 35.8 Å². The summed E-state index contributed by atoms with van der Waals surface area (Å²) < 4.78 is 0. The Hall–Kier alpha value is -1.06. The summed E-state index contributed by atoms with van der Waals surface area (Å²) in [5.74, 6) is 1.19. The molecule has 4 nitrogen and oxygen atoms in total. The summed E-state index contributed by atoms with van der Waals surface area (Å²) in [5.41, 5.74) is 0. The number of hydrogen-bond donors (Lipinski definition) is 1. The maximum Gasteiger partial charge on any atom is 0.223 e. The number of piperidine rings is 1. The minimum atomic E-state index is 0.224. The summed E-state index contributed by atoms with van der Waals surface area (Å²) >= 11 is 0. The van der Waals surface area contributed by atoms with Gasteiger partial charge in [-0.25, -0.2) is 0 Å². The van der Waals surface area contributed by atoms with Gasteiger partial charge >= 0.3 is 0 Å². The summed E-state index contributed by atoms with van der Waals surface area (Å²) in [6, 6.07) is 0.279. The first-order valence-electron chi connectivity index (χ1n) is 7.14. The van der Waals surface area contributed by atoms with Crippen LogP contribution in [0.1, 0.15) is 46.0 Å². The fourth-order valence-electron chi connectivity index (χ4n) is 2.42. The van der Waals surface area contributed by atoms with Gasteiger partial charge in [-0.15, -0.1) is 0 Å². The molecule has 102 valence electrons. The van der Waals surface area contributed by atoms with E-state index in [9.17, 15) is 9.59 Å². The second-order valence-corrected chi connectivity index (χ2v) is 6.04. The summed E-state index contributed by atoms with van der Waals surface area (Å²) in [4.78, 5) is 25.5. The fourth-order valence-corrected chi connectivity index (χ4v) is 2.42. The van der Waals surface area contributed by atoms with Crippen molar-refractivity contribution >= 4 is 11.8 Å². The Balaban J connectivity index is 1.70. The topological polar surface area (TPSA) is 49.4 Å². The SMILES string of the molecule is CC(C)CC(=O)N1CCC(NC(=O)C2CC2)CC1. The molecule has 2 rings (SSSR count). The minimum absolute atomic E-state index is 0.224. The Morgan fingerprint density at radius 1 is 1.17 bits per heavy atom. The Labute approximate surface area is 109 Å². The van der Waals surface area contributed by atoms with Crippen molar-refractivity contribution in [2.75, 3.05) is 13.1 Å². The Morgan fingerprint density at radius 2 is 1.78 bits per heavy atom. The zero-order chi connectivity index (χ0) is 13.1. The van der Waals surface area contributed by atoms with Gasteiger partial charge < -0.3 is 10.2 Å². The summed E-state index contributed by atoms with van der Waals surface area (Å²) in [6.45, 7) is 5.73. The largest absolute Gasteiger partial charge is 0.353 e. The highest BCUT2D eigenvalue weighted by Crippen LogP contribution is 2.29. The first-order chi connectivity index (χ1) is 8.56. The van der Waals surface area contributed by atoms with Crippen LogP contribution in [0.4, 0.5) is 0 Å². The summed E-state index contributed by atoms with van der Waals surface area (Å²) in [6.07, 6.45) is 4.55. The third-order valence-electron chi connectivity index (χ3n) is 3.73.